The van der Waals surface area contributed by atoms with Gasteiger partial charge in [0.25, 0.3) is 0 Å². The first-order valence-electron chi connectivity index (χ1n) is 11.2. The molecule has 0 aliphatic carbocycles. The molecule has 32 heavy (non-hydrogen) atoms. The highest BCUT2D eigenvalue weighted by Crippen LogP contribution is 2.33. The molecule has 7 nitrogen and oxygen atoms in total. The third-order valence-electron chi connectivity index (χ3n) is 5.98. The molecule has 1 unspecified atom stereocenters. The third-order valence-corrected chi connectivity index (χ3v) is 7.11. The first-order valence-corrected chi connectivity index (χ1v) is 12.4. The van der Waals surface area contributed by atoms with Gasteiger partial charge in [-0.1, -0.05) is 6.92 Å². The van der Waals surface area contributed by atoms with E-state index < -0.39 is 0 Å². The average Bonchev–Trinajstić information content (AvgIpc) is 3.17. The van der Waals surface area contributed by atoms with Gasteiger partial charge in [-0.25, -0.2) is 9.97 Å². The molecule has 1 atom stereocenters. The number of thioether (sulfide) groups is 1. The fourth-order valence-electron chi connectivity index (χ4n) is 4.39. The van der Waals surface area contributed by atoms with Crippen molar-refractivity contribution < 1.29 is 0 Å². The second-order valence-electron chi connectivity index (χ2n) is 8.12. The van der Waals surface area contributed by atoms with Gasteiger partial charge >= 0.3 is 0 Å². The summed E-state index contributed by atoms with van der Waals surface area (Å²) in [5.74, 6) is 3.77. The van der Waals surface area contributed by atoms with Crippen molar-refractivity contribution >= 4 is 50.9 Å². The van der Waals surface area contributed by atoms with E-state index in [0.29, 0.717) is 6.04 Å². The number of piperazine rings is 1. The normalized spacial score (nSPS) is 15.4. The van der Waals surface area contributed by atoms with E-state index in [1.807, 2.05) is 42.6 Å². The molecule has 4 aromatic heterocycles. The quantitative estimate of drug-likeness (QED) is 0.434. The number of anilines is 3. The minimum Gasteiger partial charge on any atom is -0.368 e. The lowest BCUT2D eigenvalue weighted by Gasteiger charge is -2.29. The summed E-state index contributed by atoms with van der Waals surface area (Å²) < 4.78 is 2.40. The molecule has 1 aliphatic rings. The van der Waals surface area contributed by atoms with Crippen LogP contribution in [0.1, 0.15) is 19.9 Å². The molecule has 8 heteroatoms. The molecule has 0 saturated carbocycles. The molecular formula is C24H29N7S. The van der Waals surface area contributed by atoms with Crippen LogP contribution in [0.2, 0.25) is 0 Å². The summed E-state index contributed by atoms with van der Waals surface area (Å²) in [6.07, 6.45) is 7.73. The summed E-state index contributed by atoms with van der Waals surface area (Å²) in [6, 6.07) is 8.73. The van der Waals surface area contributed by atoms with Crippen LogP contribution in [-0.4, -0.2) is 57.2 Å². The van der Waals surface area contributed by atoms with Crippen molar-refractivity contribution in [3.05, 3.63) is 49.1 Å². The van der Waals surface area contributed by atoms with E-state index in [-0.39, 0.29) is 0 Å². The van der Waals surface area contributed by atoms with Gasteiger partial charge in [-0.2, -0.15) is 11.8 Å². The van der Waals surface area contributed by atoms with E-state index >= 15 is 0 Å². The van der Waals surface area contributed by atoms with Gasteiger partial charge in [0.05, 0.1) is 29.1 Å². The van der Waals surface area contributed by atoms with Gasteiger partial charge in [-0.15, -0.1) is 0 Å². The van der Waals surface area contributed by atoms with Gasteiger partial charge in [0, 0.05) is 67.2 Å². The average molecular weight is 448 g/mol. The topological polar surface area (TPSA) is 70.9 Å². The van der Waals surface area contributed by atoms with E-state index in [0.717, 1.165) is 65.9 Å². The summed E-state index contributed by atoms with van der Waals surface area (Å²) in [4.78, 5) is 16.1. The van der Waals surface area contributed by atoms with Crippen molar-refractivity contribution in [2.75, 3.05) is 47.9 Å². The summed E-state index contributed by atoms with van der Waals surface area (Å²) in [5, 5.41) is 9.13. The van der Waals surface area contributed by atoms with E-state index in [4.69, 9.17) is 4.98 Å². The van der Waals surface area contributed by atoms with Crippen LogP contribution in [0.15, 0.2) is 49.1 Å². The predicted octanol–water partition coefficient (Wildman–Crippen LogP) is 4.45. The lowest BCUT2D eigenvalue weighted by molar-refractivity contribution is 0.589. The van der Waals surface area contributed by atoms with Crippen LogP contribution in [0, 0.1) is 0 Å². The molecule has 5 heterocycles. The number of fused-ring (bicyclic) bond motifs is 3. The van der Waals surface area contributed by atoms with Gasteiger partial charge in [0.15, 0.2) is 0 Å². The van der Waals surface area contributed by atoms with Crippen LogP contribution in [0.25, 0.3) is 21.8 Å². The van der Waals surface area contributed by atoms with Crippen molar-refractivity contribution in [1.82, 2.24) is 24.8 Å². The summed E-state index contributed by atoms with van der Waals surface area (Å²) in [6.45, 7) is 8.54. The predicted molar refractivity (Wildman–Crippen MR) is 135 cm³/mol. The fourth-order valence-corrected chi connectivity index (χ4v) is 5.12. The lowest BCUT2D eigenvalue weighted by Crippen LogP contribution is -2.43. The molecule has 0 radical (unpaired) electrons. The highest BCUT2D eigenvalue weighted by molar-refractivity contribution is 7.99. The zero-order valence-electron chi connectivity index (χ0n) is 18.6. The number of nitrogens with one attached hydrogen (secondary N) is 2. The second kappa shape index (κ2) is 9.34. The number of hydrogen-bond acceptors (Lipinski definition) is 7. The number of pyridine rings is 3. The minimum absolute atomic E-state index is 0.357. The molecule has 2 N–H and O–H groups in total. The smallest absolute Gasteiger partial charge is 0.133 e. The Morgan fingerprint density at radius 2 is 1.88 bits per heavy atom. The lowest BCUT2D eigenvalue weighted by atomic mass is 10.2. The number of hydrogen-bond donors (Lipinski definition) is 2. The number of aromatic nitrogens is 4. The van der Waals surface area contributed by atoms with Crippen LogP contribution in [0.4, 0.5) is 17.3 Å². The molecular weight excluding hydrogens is 418 g/mol. The maximum atomic E-state index is 4.69. The van der Waals surface area contributed by atoms with Crippen molar-refractivity contribution in [2.45, 2.75) is 19.9 Å². The van der Waals surface area contributed by atoms with Crippen LogP contribution < -0.4 is 15.5 Å². The third kappa shape index (κ3) is 4.12. The highest BCUT2D eigenvalue weighted by atomic mass is 32.2. The Kier molecular flexibility index (Phi) is 6.14. The number of rotatable bonds is 7. The Bertz CT molecular complexity index is 1200. The summed E-state index contributed by atoms with van der Waals surface area (Å²) in [5.41, 5.74) is 3.49. The van der Waals surface area contributed by atoms with Gasteiger partial charge in [0.1, 0.15) is 11.6 Å². The zero-order chi connectivity index (χ0) is 21.9. The molecule has 4 aromatic rings. The first-order chi connectivity index (χ1) is 15.7. The van der Waals surface area contributed by atoms with Crippen LogP contribution in [0.3, 0.4) is 0 Å². The largest absolute Gasteiger partial charge is 0.368 e. The first kappa shape index (κ1) is 21.0. The van der Waals surface area contributed by atoms with Crippen LogP contribution >= 0.6 is 11.8 Å². The molecule has 5 rings (SSSR count). The molecule has 0 spiro atoms. The standard InChI is InChI=1S/C24H29N7S/c1-3-32-16-17(2)31-21-12-24(28-14-20(21)19-6-7-26-15-22(19)31)29-23-5-4-18(13-27-23)30-10-8-25-9-11-30/h4-7,12-15,17,25H,3,8-11,16H2,1-2H3,(H,27,28,29). The Morgan fingerprint density at radius 3 is 2.66 bits per heavy atom. The van der Waals surface area contributed by atoms with Crippen LogP contribution in [-0.2, 0) is 0 Å². The van der Waals surface area contributed by atoms with Gasteiger partial charge in [0.2, 0.25) is 0 Å². The molecule has 1 aliphatic heterocycles. The second-order valence-corrected chi connectivity index (χ2v) is 9.44. The minimum atomic E-state index is 0.357. The monoisotopic (exact) mass is 447 g/mol. The van der Waals surface area contributed by atoms with Crippen molar-refractivity contribution in [1.29, 1.82) is 0 Å². The maximum Gasteiger partial charge on any atom is 0.133 e. The zero-order valence-corrected chi connectivity index (χ0v) is 19.4. The Labute approximate surface area is 192 Å². The number of nitrogens with zero attached hydrogens (tertiary/aromatic N) is 5. The van der Waals surface area contributed by atoms with Gasteiger partial charge in [-0.05, 0) is 30.9 Å². The molecule has 0 aromatic carbocycles. The fraction of sp³-hybridized carbons (Fsp3) is 0.375. The Hall–Kier alpha value is -2.84. The molecule has 1 fully saturated rings. The Balaban J connectivity index is 1.45. The van der Waals surface area contributed by atoms with E-state index in [2.05, 4.69) is 62.1 Å². The maximum absolute atomic E-state index is 4.69. The van der Waals surface area contributed by atoms with Crippen LogP contribution in [0.5, 0.6) is 0 Å². The van der Waals surface area contributed by atoms with Crippen molar-refractivity contribution in [3.63, 3.8) is 0 Å². The van der Waals surface area contributed by atoms with Crippen molar-refractivity contribution in [3.8, 4) is 0 Å². The van der Waals surface area contributed by atoms with E-state index in [1.54, 1.807) is 0 Å². The van der Waals surface area contributed by atoms with E-state index in [1.165, 1.54) is 10.9 Å². The molecule has 0 amide bonds. The summed E-state index contributed by atoms with van der Waals surface area (Å²) in [7, 11) is 0. The Morgan fingerprint density at radius 1 is 1.03 bits per heavy atom. The highest BCUT2D eigenvalue weighted by Gasteiger charge is 2.17. The SMILES string of the molecule is CCSCC(C)n1c2cnccc2c2cnc(Nc3ccc(N4CCNCC4)cn3)cc21. The molecule has 1 saturated heterocycles. The summed E-state index contributed by atoms with van der Waals surface area (Å²) >= 11 is 1.96. The molecule has 166 valence electrons. The van der Waals surface area contributed by atoms with Gasteiger partial charge < -0.3 is 20.1 Å². The van der Waals surface area contributed by atoms with E-state index in [9.17, 15) is 0 Å². The van der Waals surface area contributed by atoms with Crippen molar-refractivity contribution in [2.24, 2.45) is 0 Å². The molecule has 0 bridgehead atoms. The van der Waals surface area contributed by atoms with Gasteiger partial charge in [-0.3, -0.25) is 4.98 Å².